The normalized spacial score (nSPS) is 11.3. The molecule has 25 heavy (non-hydrogen) atoms. The van der Waals surface area contributed by atoms with E-state index in [4.69, 9.17) is 4.98 Å². The van der Waals surface area contributed by atoms with E-state index in [0.29, 0.717) is 0 Å². The van der Waals surface area contributed by atoms with Gasteiger partial charge in [-0.15, -0.1) is 22.7 Å². The van der Waals surface area contributed by atoms with Gasteiger partial charge in [-0.05, 0) is 52.5 Å². The largest absolute Gasteiger partial charge is 0.231 e. The predicted molar refractivity (Wildman–Crippen MR) is 114 cm³/mol. The highest BCUT2D eigenvalue weighted by atomic mass is 79.9. The number of aryl methyl sites for hydroxylation is 2. The lowest BCUT2D eigenvalue weighted by atomic mass is 10.1. The van der Waals surface area contributed by atoms with Crippen LogP contribution in [0.4, 0.5) is 0 Å². The van der Waals surface area contributed by atoms with Crippen LogP contribution in [0.5, 0.6) is 0 Å². The van der Waals surface area contributed by atoms with Crippen LogP contribution < -0.4 is 0 Å². The van der Waals surface area contributed by atoms with E-state index in [-0.39, 0.29) is 0 Å². The third-order valence-corrected chi connectivity index (χ3v) is 8.54. The SMILES string of the molecule is Cc1c(Br)sc2sc(-c3ccnc(SCc4ccccc4)n3)c(C)c12. The zero-order valence-corrected chi connectivity index (χ0v) is 17.8. The summed E-state index contributed by atoms with van der Waals surface area (Å²) in [5.74, 6) is 0.884. The Balaban J connectivity index is 1.64. The fourth-order valence-corrected chi connectivity index (χ4v) is 7.10. The van der Waals surface area contributed by atoms with E-state index in [2.05, 4.69) is 59.0 Å². The lowest BCUT2D eigenvalue weighted by Crippen LogP contribution is -1.90. The minimum Gasteiger partial charge on any atom is -0.231 e. The molecule has 0 aliphatic heterocycles. The molecule has 0 fully saturated rings. The molecule has 126 valence electrons. The highest BCUT2D eigenvalue weighted by Gasteiger charge is 2.17. The van der Waals surface area contributed by atoms with E-state index in [1.165, 1.54) is 34.8 Å². The molecule has 0 amide bonds. The van der Waals surface area contributed by atoms with Crippen LogP contribution in [0.25, 0.3) is 20.0 Å². The number of aromatic nitrogens is 2. The molecule has 0 N–H and O–H groups in total. The highest BCUT2D eigenvalue weighted by Crippen LogP contribution is 2.46. The molecule has 0 bridgehead atoms. The van der Waals surface area contributed by atoms with E-state index in [9.17, 15) is 0 Å². The highest BCUT2D eigenvalue weighted by molar-refractivity contribution is 9.11. The van der Waals surface area contributed by atoms with Crippen molar-refractivity contribution in [2.75, 3.05) is 0 Å². The van der Waals surface area contributed by atoms with Gasteiger partial charge in [-0.2, -0.15) is 0 Å². The van der Waals surface area contributed by atoms with Crippen molar-refractivity contribution in [2.45, 2.75) is 24.8 Å². The molecule has 0 aliphatic rings. The fraction of sp³-hybridized carbons (Fsp3) is 0.158. The van der Waals surface area contributed by atoms with Crippen molar-refractivity contribution < 1.29 is 0 Å². The van der Waals surface area contributed by atoms with E-state index in [1.54, 1.807) is 23.1 Å². The molecule has 0 saturated carbocycles. The molecule has 4 aromatic rings. The van der Waals surface area contributed by atoms with Crippen LogP contribution in [0, 0.1) is 13.8 Å². The van der Waals surface area contributed by atoms with Crippen molar-refractivity contribution in [3.8, 4) is 10.6 Å². The van der Waals surface area contributed by atoms with Crippen molar-refractivity contribution in [1.29, 1.82) is 0 Å². The van der Waals surface area contributed by atoms with Gasteiger partial charge in [0.2, 0.25) is 0 Å². The number of benzene rings is 1. The van der Waals surface area contributed by atoms with Crippen LogP contribution in [0.1, 0.15) is 16.7 Å². The number of thioether (sulfide) groups is 1. The van der Waals surface area contributed by atoms with Crippen molar-refractivity contribution in [3.05, 3.63) is 63.1 Å². The Bertz CT molecular complexity index is 1040. The summed E-state index contributed by atoms with van der Waals surface area (Å²) >= 11 is 8.96. The first-order valence-corrected chi connectivity index (χ1v) is 11.2. The molecule has 1 aromatic carbocycles. The maximum atomic E-state index is 4.80. The van der Waals surface area contributed by atoms with Crippen molar-refractivity contribution in [1.82, 2.24) is 9.97 Å². The Kier molecular flexibility index (Phi) is 4.95. The molecular formula is C19H15BrN2S3. The molecule has 4 rings (SSSR count). The summed E-state index contributed by atoms with van der Waals surface area (Å²) in [5.41, 5.74) is 4.95. The zero-order valence-electron chi connectivity index (χ0n) is 13.7. The Labute approximate surface area is 167 Å². The number of rotatable bonds is 4. The minimum atomic E-state index is 0.829. The number of thiophene rings is 2. The predicted octanol–water partition coefficient (Wildman–Crippen LogP) is 7.09. The van der Waals surface area contributed by atoms with Gasteiger partial charge in [0.1, 0.15) is 0 Å². The topological polar surface area (TPSA) is 25.8 Å². The van der Waals surface area contributed by atoms with Gasteiger partial charge >= 0.3 is 0 Å². The minimum absolute atomic E-state index is 0.829. The summed E-state index contributed by atoms with van der Waals surface area (Å²) in [7, 11) is 0. The molecule has 0 spiro atoms. The Morgan fingerprint density at radius 1 is 1.04 bits per heavy atom. The van der Waals surface area contributed by atoms with E-state index in [0.717, 1.165) is 16.6 Å². The maximum absolute atomic E-state index is 4.80. The molecule has 0 saturated heterocycles. The van der Waals surface area contributed by atoms with Gasteiger partial charge < -0.3 is 0 Å². The molecule has 2 nitrogen and oxygen atoms in total. The third kappa shape index (κ3) is 3.40. The van der Waals surface area contributed by atoms with Crippen LogP contribution in [0.2, 0.25) is 0 Å². The first kappa shape index (κ1) is 17.2. The van der Waals surface area contributed by atoms with Gasteiger partial charge in [-0.1, -0.05) is 42.1 Å². The van der Waals surface area contributed by atoms with Crippen LogP contribution in [0.15, 0.2) is 51.5 Å². The molecule has 0 aliphatic carbocycles. The van der Waals surface area contributed by atoms with E-state index in [1.807, 2.05) is 29.7 Å². The number of nitrogens with zero attached hydrogens (tertiary/aromatic N) is 2. The number of halogens is 1. The Morgan fingerprint density at radius 2 is 1.84 bits per heavy atom. The fourth-order valence-electron chi connectivity index (χ4n) is 2.75. The quantitative estimate of drug-likeness (QED) is 0.247. The summed E-state index contributed by atoms with van der Waals surface area (Å²) in [5, 5.41) is 2.20. The maximum Gasteiger partial charge on any atom is 0.188 e. The smallest absolute Gasteiger partial charge is 0.188 e. The third-order valence-electron chi connectivity index (χ3n) is 4.04. The molecule has 0 unspecified atom stereocenters. The van der Waals surface area contributed by atoms with Gasteiger partial charge in [0, 0.05) is 17.3 Å². The van der Waals surface area contributed by atoms with Gasteiger partial charge in [0.25, 0.3) is 0 Å². The number of hydrogen-bond donors (Lipinski definition) is 0. The lowest BCUT2D eigenvalue weighted by molar-refractivity contribution is 0.973. The second-order valence-corrected chi connectivity index (χ2v) is 10.3. The van der Waals surface area contributed by atoms with Gasteiger partial charge in [-0.25, -0.2) is 9.97 Å². The number of hydrogen-bond acceptors (Lipinski definition) is 5. The van der Waals surface area contributed by atoms with Crippen LogP contribution in [0.3, 0.4) is 0 Å². The molecule has 3 aromatic heterocycles. The summed E-state index contributed by atoms with van der Waals surface area (Å²) < 4.78 is 2.58. The van der Waals surface area contributed by atoms with E-state index < -0.39 is 0 Å². The van der Waals surface area contributed by atoms with Gasteiger partial charge in [-0.3, -0.25) is 0 Å². The first-order chi connectivity index (χ1) is 12.1. The van der Waals surface area contributed by atoms with Gasteiger partial charge in [0.15, 0.2) is 5.16 Å². The number of fused-ring (bicyclic) bond motifs is 1. The van der Waals surface area contributed by atoms with Crippen molar-refractivity contribution in [2.24, 2.45) is 0 Å². The van der Waals surface area contributed by atoms with Crippen LogP contribution >= 0.6 is 50.4 Å². The summed E-state index contributed by atoms with van der Waals surface area (Å²) in [6.07, 6.45) is 1.87. The molecule has 6 heteroatoms. The molecule has 0 radical (unpaired) electrons. The Hall–Kier alpha value is -1.21. The summed E-state index contributed by atoms with van der Waals surface area (Å²) in [6.45, 7) is 4.37. The average Bonchev–Trinajstić information content (AvgIpc) is 3.11. The van der Waals surface area contributed by atoms with Crippen molar-refractivity contribution >= 4 is 59.8 Å². The van der Waals surface area contributed by atoms with Crippen LogP contribution in [-0.2, 0) is 5.75 Å². The standard InChI is InChI=1S/C19H15BrN2S3/c1-11-15-12(2)17(20)25-18(15)24-16(11)14-8-9-21-19(22-14)23-10-13-6-4-3-5-7-13/h3-9H,10H2,1-2H3. The van der Waals surface area contributed by atoms with Crippen LogP contribution in [-0.4, -0.2) is 9.97 Å². The second kappa shape index (κ2) is 7.19. The van der Waals surface area contributed by atoms with E-state index >= 15 is 0 Å². The summed E-state index contributed by atoms with van der Waals surface area (Å²) in [6, 6.07) is 12.4. The monoisotopic (exact) mass is 446 g/mol. The zero-order chi connectivity index (χ0) is 17.4. The van der Waals surface area contributed by atoms with Crippen molar-refractivity contribution in [3.63, 3.8) is 0 Å². The lowest BCUT2D eigenvalue weighted by Gasteiger charge is -2.04. The molecule has 0 atom stereocenters. The van der Waals surface area contributed by atoms with Gasteiger partial charge in [0.05, 0.1) is 18.4 Å². The molecule has 3 heterocycles. The Morgan fingerprint density at radius 3 is 2.60 bits per heavy atom. The first-order valence-electron chi connectivity index (χ1n) is 7.81. The molecular weight excluding hydrogens is 432 g/mol. The average molecular weight is 447 g/mol. The summed E-state index contributed by atoms with van der Waals surface area (Å²) in [4.78, 5) is 10.5. The second-order valence-electron chi connectivity index (χ2n) is 5.72.